The number of benzene rings is 3. The molecule has 3 aromatic carbocycles. The Morgan fingerprint density at radius 3 is 2.45 bits per heavy atom. The molecule has 0 aliphatic heterocycles. The van der Waals surface area contributed by atoms with Gasteiger partial charge in [0.25, 0.3) is 0 Å². The fourth-order valence-electron chi connectivity index (χ4n) is 2.59. The lowest BCUT2D eigenvalue weighted by molar-refractivity contribution is -0.128. The van der Waals surface area contributed by atoms with E-state index in [2.05, 4.69) is 0 Å². The van der Waals surface area contributed by atoms with E-state index in [1.54, 1.807) is 36.4 Å². The Morgan fingerprint density at radius 1 is 0.897 bits per heavy atom. The van der Waals surface area contributed by atoms with Gasteiger partial charge in [0, 0.05) is 17.5 Å². The molecule has 5 heteroatoms. The lowest BCUT2D eigenvalue weighted by atomic mass is 10.2. The van der Waals surface area contributed by atoms with Crippen LogP contribution in [0.2, 0.25) is 5.02 Å². The van der Waals surface area contributed by atoms with Crippen LogP contribution in [0, 0.1) is 0 Å². The molecule has 0 saturated carbocycles. The zero-order valence-electron chi connectivity index (χ0n) is 15.6. The standard InChI is InChI=1S/C24H19ClO4/c25-22-12-5-4-9-19(22)13-14-23(26)29-21-11-6-10-20(17-21)24(27)28-16-15-18-7-2-1-3-8-18/h1-14,17H,15-16H2/b14-13+. The van der Waals surface area contributed by atoms with Crippen LogP contribution in [0.15, 0.2) is 84.9 Å². The first-order valence-corrected chi connectivity index (χ1v) is 9.45. The second-order valence-electron chi connectivity index (χ2n) is 6.18. The maximum atomic E-state index is 12.2. The summed E-state index contributed by atoms with van der Waals surface area (Å²) >= 11 is 6.05. The lowest BCUT2D eigenvalue weighted by Crippen LogP contribution is -2.09. The molecule has 29 heavy (non-hydrogen) atoms. The Hall–Kier alpha value is -3.37. The molecule has 0 aliphatic carbocycles. The van der Waals surface area contributed by atoms with E-state index < -0.39 is 11.9 Å². The Morgan fingerprint density at radius 2 is 1.66 bits per heavy atom. The van der Waals surface area contributed by atoms with Crippen molar-refractivity contribution in [3.63, 3.8) is 0 Å². The van der Waals surface area contributed by atoms with E-state index in [0.29, 0.717) is 22.6 Å². The molecule has 0 unspecified atom stereocenters. The van der Waals surface area contributed by atoms with Gasteiger partial charge >= 0.3 is 11.9 Å². The number of ether oxygens (including phenoxy) is 2. The molecule has 0 aromatic heterocycles. The Balaban J connectivity index is 1.55. The predicted octanol–water partition coefficient (Wildman–Crippen LogP) is 5.36. The Kier molecular flexibility index (Phi) is 7.20. The van der Waals surface area contributed by atoms with Gasteiger partial charge in [0.2, 0.25) is 0 Å². The van der Waals surface area contributed by atoms with Gasteiger partial charge in [0.1, 0.15) is 5.75 Å². The fraction of sp³-hybridized carbons (Fsp3) is 0.0833. The smallest absolute Gasteiger partial charge is 0.338 e. The highest BCUT2D eigenvalue weighted by molar-refractivity contribution is 6.32. The van der Waals surface area contributed by atoms with Crippen LogP contribution in [-0.4, -0.2) is 18.5 Å². The van der Waals surface area contributed by atoms with E-state index >= 15 is 0 Å². The topological polar surface area (TPSA) is 52.6 Å². The van der Waals surface area contributed by atoms with Gasteiger partial charge in [-0.3, -0.25) is 0 Å². The molecule has 0 saturated heterocycles. The summed E-state index contributed by atoms with van der Waals surface area (Å²) < 4.78 is 10.6. The summed E-state index contributed by atoms with van der Waals surface area (Å²) in [5.41, 5.74) is 2.12. The third kappa shape index (κ3) is 6.33. The molecule has 146 valence electrons. The number of esters is 2. The van der Waals surface area contributed by atoms with Gasteiger partial charge < -0.3 is 9.47 Å². The molecule has 0 aliphatic rings. The summed E-state index contributed by atoms with van der Waals surface area (Å²) in [6.45, 7) is 0.271. The minimum absolute atomic E-state index is 0.260. The molecule has 0 fully saturated rings. The van der Waals surface area contributed by atoms with Crippen molar-refractivity contribution in [1.82, 2.24) is 0 Å². The van der Waals surface area contributed by atoms with Crippen molar-refractivity contribution in [3.05, 3.63) is 107 Å². The number of carbonyl (C=O) groups is 2. The first-order valence-electron chi connectivity index (χ1n) is 9.07. The molecule has 0 heterocycles. The van der Waals surface area contributed by atoms with Crippen molar-refractivity contribution in [2.45, 2.75) is 6.42 Å². The van der Waals surface area contributed by atoms with E-state index in [-0.39, 0.29) is 12.4 Å². The molecule has 0 N–H and O–H groups in total. The quantitative estimate of drug-likeness (QED) is 0.301. The van der Waals surface area contributed by atoms with Gasteiger partial charge in [0.05, 0.1) is 12.2 Å². The lowest BCUT2D eigenvalue weighted by Gasteiger charge is -2.07. The van der Waals surface area contributed by atoms with Gasteiger partial charge in [-0.05, 0) is 41.5 Å². The summed E-state index contributed by atoms with van der Waals surface area (Å²) in [5.74, 6) is -0.777. The number of hydrogen-bond donors (Lipinski definition) is 0. The largest absolute Gasteiger partial charge is 0.462 e. The van der Waals surface area contributed by atoms with Crippen LogP contribution < -0.4 is 4.74 Å². The highest BCUT2D eigenvalue weighted by Gasteiger charge is 2.10. The van der Waals surface area contributed by atoms with Crippen LogP contribution in [0.5, 0.6) is 5.75 Å². The fourth-order valence-corrected chi connectivity index (χ4v) is 2.79. The summed E-state index contributed by atoms with van der Waals surface area (Å²) in [7, 11) is 0. The van der Waals surface area contributed by atoms with E-state index in [4.69, 9.17) is 21.1 Å². The average Bonchev–Trinajstić information content (AvgIpc) is 2.74. The molecule has 0 bridgehead atoms. The summed E-state index contributed by atoms with van der Waals surface area (Å²) in [4.78, 5) is 24.3. The molecular weight excluding hydrogens is 388 g/mol. The van der Waals surface area contributed by atoms with Crippen molar-refractivity contribution in [1.29, 1.82) is 0 Å². The van der Waals surface area contributed by atoms with Gasteiger partial charge in [-0.1, -0.05) is 66.2 Å². The Labute approximate surface area is 174 Å². The van der Waals surface area contributed by atoms with Crippen LogP contribution in [-0.2, 0) is 16.0 Å². The molecular formula is C24H19ClO4. The average molecular weight is 407 g/mol. The summed E-state index contributed by atoms with van der Waals surface area (Å²) in [5, 5.41) is 0.539. The first kappa shape index (κ1) is 20.4. The predicted molar refractivity (Wildman–Crippen MR) is 113 cm³/mol. The number of carbonyl (C=O) groups excluding carboxylic acids is 2. The summed E-state index contributed by atoms with van der Waals surface area (Å²) in [6, 6.07) is 23.2. The Bertz CT molecular complexity index is 1010. The van der Waals surface area contributed by atoms with E-state index in [1.807, 2.05) is 42.5 Å². The molecule has 3 aromatic rings. The molecule has 0 atom stereocenters. The van der Waals surface area contributed by atoms with Crippen LogP contribution in [0.25, 0.3) is 6.08 Å². The minimum Gasteiger partial charge on any atom is -0.462 e. The van der Waals surface area contributed by atoms with Crippen molar-refractivity contribution in [2.24, 2.45) is 0 Å². The molecule has 4 nitrogen and oxygen atoms in total. The van der Waals surface area contributed by atoms with E-state index in [0.717, 1.165) is 5.56 Å². The molecule has 0 spiro atoms. The maximum absolute atomic E-state index is 12.2. The van der Waals surface area contributed by atoms with E-state index in [1.165, 1.54) is 12.1 Å². The number of halogens is 1. The SMILES string of the molecule is O=C(/C=C/c1ccccc1Cl)Oc1cccc(C(=O)OCCc2ccccc2)c1. The van der Waals surface area contributed by atoms with Crippen LogP contribution >= 0.6 is 11.6 Å². The van der Waals surface area contributed by atoms with Gasteiger partial charge in [-0.25, -0.2) is 9.59 Å². The monoisotopic (exact) mass is 406 g/mol. The van der Waals surface area contributed by atoms with Gasteiger partial charge in [-0.15, -0.1) is 0 Å². The normalized spacial score (nSPS) is 10.7. The summed E-state index contributed by atoms with van der Waals surface area (Å²) in [6.07, 6.45) is 3.49. The molecule has 0 amide bonds. The molecule has 3 rings (SSSR count). The highest BCUT2D eigenvalue weighted by Crippen LogP contribution is 2.18. The third-order valence-electron chi connectivity index (χ3n) is 4.06. The van der Waals surface area contributed by atoms with Crippen molar-refractivity contribution in [3.8, 4) is 5.75 Å². The zero-order chi connectivity index (χ0) is 20.5. The van der Waals surface area contributed by atoms with Gasteiger partial charge in [-0.2, -0.15) is 0 Å². The second-order valence-corrected chi connectivity index (χ2v) is 6.58. The second kappa shape index (κ2) is 10.2. The third-order valence-corrected chi connectivity index (χ3v) is 4.40. The van der Waals surface area contributed by atoms with Crippen molar-refractivity contribution >= 4 is 29.6 Å². The van der Waals surface area contributed by atoms with Crippen molar-refractivity contribution < 1.29 is 19.1 Å². The maximum Gasteiger partial charge on any atom is 0.338 e. The van der Waals surface area contributed by atoms with Crippen LogP contribution in [0.3, 0.4) is 0 Å². The van der Waals surface area contributed by atoms with Crippen LogP contribution in [0.1, 0.15) is 21.5 Å². The number of hydrogen-bond acceptors (Lipinski definition) is 4. The minimum atomic E-state index is -0.570. The zero-order valence-corrected chi connectivity index (χ0v) is 16.3. The highest BCUT2D eigenvalue weighted by atomic mass is 35.5. The first-order chi connectivity index (χ1) is 14.1. The van der Waals surface area contributed by atoms with E-state index in [9.17, 15) is 9.59 Å². The van der Waals surface area contributed by atoms with Crippen molar-refractivity contribution in [2.75, 3.05) is 6.61 Å². The van der Waals surface area contributed by atoms with Gasteiger partial charge in [0.15, 0.2) is 0 Å². The number of rotatable bonds is 7. The van der Waals surface area contributed by atoms with Crippen LogP contribution in [0.4, 0.5) is 0 Å². The molecule has 0 radical (unpaired) electrons.